The standard InChI is InChI=1S/C25H27NO3/c1-3-27-23-16-18-13-14-26-25(22(18)17-24(23)28-4-2)19-9-8-12-21(15-19)29-20-10-6-5-7-11-20/h5-12,15-17,25-26H,3-4,13-14H2,1-2H3/p+1/t25-/m1/s1. The average molecular weight is 391 g/mol. The van der Waals surface area contributed by atoms with Crippen LogP contribution in [0.4, 0.5) is 0 Å². The van der Waals surface area contributed by atoms with Crippen LogP contribution in [0.25, 0.3) is 0 Å². The second-order valence-electron chi connectivity index (χ2n) is 7.10. The molecule has 0 spiro atoms. The lowest BCUT2D eigenvalue weighted by Crippen LogP contribution is -2.87. The highest BCUT2D eigenvalue weighted by Crippen LogP contribution is 2.36. The zero-order valence-corrected chi connectivity index (χ0v) is 17.1. The van der Waals surface area contributed by atoms with Crippen molar-refractivity contribution in [1.29, 1.82) is 0 Å². The molecule has 150 valence electrons. The quantitative estimate of drug-likeness (QED) is 0.647. The number of fused-ring (bicyclic) bond motifs is 1. The maximum atomic E-state index is 6.05. The topological polar surface area (TPSA) is 44.3 Å². The molecule has 1 aliphatic heterocycles. The Hall–Kier alpha value is -2.98. The van der Waals surface area contributed by atoms with Gasteiger partial charge in [-0.1, -0.05) is 30.3 Å². The molecular weight excluding hydrogens is 362 g/mol. The monoisotopic (exact) mass is 390 g/mol. The van der Waals surface area contributed by atoms with Crippen molar-refractivity contribution in [1.82, 2.24) is 0 Å². The number of quaternary nitrogens is 1. The fourth-order valence-electron chi connectivity index (χ4n) is 3.90. The highest BCUT2D eigenvalue weighted by Gasteiger charge is 2.27. The Kier molecular flexibility index (Phi) is 6.01. The summed E-state index contributed by atoms with van der Waals surface area (Å²) in [6, 6.07) is 22.8. The minimum absolute atomic E-state index is 0.216. The van der Waals surface area contributed by atoms with Crippen LogP contribution >= 0.6 is 0 Å². The van der Waals surface area contributed by atoms with Gasteiger partial charge in [0, 0.05) is 17.5 Å². The number of para-hydroxylation sites is 1. The van der Waals surface area contributed by atoms with Gasteiger partial charge in [-0.2, -0.15) is 0 Å². The summed E-state index contributed by atoms with van der Waals surface area (Å²) in [5.74, 6) is 3.36. The van der Waals surface area contributed by atoms with E-state index in [-0.39, 0.29) is 6.04 Å². The lowest BCUT2D eigenvalue weighted by Gasteiger charge is -2.26. The Balaban J connectivity index is 1.67. The number of ether oxygens (including phenoxy) is 3. The maximum absolute atomic E-state index is 6.05. The van der Waals surface area contributed by atoms with E-state index in [0.717, 1.165) is 36.0 Å². The lowest BCUT2D eigenvalue weighted by atomic mass is 9.89. The molecule has 1 aliphatic rings. The van der Waals surface area contributed by atoms with Gasteiger partial charge in [0.05, 0.1) is 19.8 Å². The van der Waals surface area contributed by atoms with Gasteiger partial charge in [0.25, 0.3) is 0 Å². The van der Waals surface area contributed by atoms with E-state index in [1.54, 1.807) is 0 Å². The van der Waals surface area contributed by atoms with Crippen LogP contribution in [0, 0.1) is 0 Å². The Morgan fingerprint density at radius 2 is 1.55 bits per heavy atom. The number of nitrogens with two attached hydrogens (primary N) is 1. The molecular formula is C25H28NO3+. The summed E-state index contributed by atoms with van der Waals surface area (Å²) in [4.78, 5) is 0. The second-order valence-corrected chi connectivity index (χ2v) is 7.10. The first-order valence-electron chi connectivity index (χ1n) is 10.4. The lowest BCUT2D eigenvalue weighted by molar-refractivity contribution is -0.690. The SMILES string of the molecule is CCOc1cc2c(cc1OCC)[C@@H](c1cccc(Oc3ccccc3)c1)[NH2+]CC2. The van der Waals surface area contributed by atoms with Crippen molar-refractivity contribution in [3.05, 3.63) is 83.4 Å². The summed E-state index contributed by atoms with van der Waals surface area (Å²) >= 11 is 0. The third-order valence-corrected chi connectivity index (χ3v) is 5.15. The van der Waals surface area contributed by atoms with Crippen LogP contribution in [0.5, 0.6) is 23.0 Å². The minimum atomic E-state index is 0.216. The van der Waals surface area contributed by atoms with Gasteiger partial charge in [0.2, 0.25) is 0 Å². The van der Waals surface area contributed by atoms with E-state index in [1.807, 2.05) is 50.2 Å². The zero-order chi connectivity index (χ0) is 20.1. The van der Waals surface area contributed by atoms with E-state index in [1.165, 1.54) is 16.7 Å². The van der Waals surface area contributed by atoms with E-state index in [4.69, 9.17) is 14.2 Å². The molecule has 0 amide bonds. The first kappa shape index (κ1) is 19.3. The highest BCUT2D eigenvalue weighted by atomic mass is 16.5. The third kappa shape index (κ3) is 4.38. The Labute approximate surface area is 172 Å². The van der Waals surface area contributed by atoms with Gasteiger partial charge < -0.3 is 19.5 Å². The van der Waals surface area contributed by atoms with E-state index in [0.29, 0.717) is 13.2 Å². The summed E-state index contributed by atoms with van der Waals surface area (Å²) < 4.78 is 17.8. The van der Waals surface area contributed by atoms with Gasteiger partial charge in [0.15, 0.2) is 11.5 Å². The molecule has 4 nitrogen and oxygen atoms in total. The predicted octanol–water partition coefficient (Wildman–Crippen LogP) is 4.49. The molecule has 0 radical (unpaired) electrons. The normalized spacial score (nSPS) is 15.4. The van der Waals surface area contributed by atoms with Crippen LogP contribution in [0.2, 0.25) is 0 Å². The molecule has 0 fully saturated rings. The van der Waals surface area contributed by atoms with Crippen molar-refractivity contribution in [3.63, 3.8) is 0 Å². The van der Waals surface area contributed by atoms with Crippen molar-refractivity contribution in [2.45, 2.75) is 26.3 Å². The second kappa shape index (κ2) is 9.01. The molecule has 3 aromatic carbocycles. The van der Waals surface area contributed by atoms with Gasteiger partial charge in [0.1, 0.15) is 17.5 Å². The average Bonchev–Trinajstić information content (AvgIpc) is 2.75. The molecule has 2 N–H and O–H groups in total. The summed E-state index contributed by atoms with van der Waals surface area (Å²) in [7, 11) is 0. The van der Waals surface area contributed by atoms with Crippen LogP contribution in [0.15, 0.2) is 66.7 Å². The van der Waals surface area contributed by atoms with Crippen molar-refractivity contribution in [2.75, 3.05) is 19.8 Å². The minimum Gasteiger partial charge on any atom is -0.490 e. The fraction of sp³-hybridized carbons (Fsp3) is 0.280. The van der Waals surface area contributed by atoms with Crippen molar-refractivity contribution < 1.29 is 19.5 Å². The fourth-order valence-corrected chi connectivity index (χ4v) is 3.90. The molecule has 1 heterocycles. The number of hydrogen-bond acceptors (Lipinski definition) is 3. The highest BCUT2D eigenvalue weighted by molar-refractivity contribution is 5.51. The third-order valence-electron chi connectivity index (χ3n) is 5.15. The van der Waals surface area contributed by atoms with Crippen molar-refractivity contribution in [3.8, 4) is 23.0 Å². The Morgan fingerprint density at radius 1 is 0.828 bits per heavy atom. The number of rotatable bonds is 7. The van der Waals surface area contributed by atoms with Crippen LogP contribution < -0.4 is 19.5 Å². The predicted molar refractivity (Wildman–Crippen MR) is 114 cm³/mol. The van der Waals surface area contributed by atoms with Gasteiger partial charge >= 0.3 is 0 Å². The van der Waals surface area contributed by atoms with E-state index in [9.17, 15) is 0 Å². The molecule has 0 saturated carbocycles. The largest absolute Gasteiger partial charge is 0.490 e. The molecule has 3 aromatic rings. The first-order valence-corrected chi connectivity index (χ1v) is 10.4. The number of hydrogen-bond donors (Lipinski definition) is 1. The first-order chi connectivity index (χ1) is 14.3. The van der Waals surface area contributed by atoms with Gasteiger partial charge in [-0.3, -0.25) is 0 Å². The van der Waals surface area contributed by atoms with Crippen LogP contribution in [-0.4, -0.2) is 19.8 Å². The van der Waals surface area contributed by atoms with Crippen molar-refractivity contribution >= 4 is 0 Å². The van der Waals surface area contributed by atoms with Gasteiger partial charge in [-0.15, -0.1) is 0 Å². The molecule has 1 atom stereocenters. The van der Waals surface area contributed by atoms with Gasteiger partial charge in [-0.25, -0.2) is 0 Å². The summed E-state index contributed by atoms with van der Waals surface area (Å²) in [5.41, 5.74) is 3.85. The Morgan fingerprint density at radius 3 is 2.31 bits per heavy atom. The van der Waals surface area contributed by atoms with E-state index < -0.39 is 0 Å². The number of benzene rings is 3. The van der Waals surface area contributed by atoms with E-state index >= 15 is 0 Å². The molecule has 4 heteroatoms. The summed E-state index contributed by atoms with van der Waals surface area (Å²) in [5, 5.41) is 2.39. The molecule has 0 aliphatic carbocycles. The summed E-state index contributed by atoms with van der Waals surface area (Å²) in [6.07, 6.45) is 1.03. The molecule has 0 saturated heterocycles. The smallest absolute Gasteiger partial charge is 0.161 e. The molecule has 0 aromatic heterocycles. The zero-order valence-electron chi connectivity index (χ0n) is 17.1. The molecule has 0 unspecified atom stereocenters. The van der Waals surface area contributed by atoms with Crippen LogP contribution in [-0.2, 0) is 6.42 Å². The maximum Gasteiger partial charge on any atom is 0.161 e. The van der Waals surface area contributed by atoms with Crippen molar-refractivity contribution in [2.24, 2.45) is 0 Å². The van der Waals surface area contributed by atoms with Gasteiger partial charge in [-0.05, 0) is 55.8 Å². The molecule has 29 heavy (non-hydrogen) atoms. The molecule has 0 bridgehead atoms. The van der Waals surface area contributed by atoms with Crippen LogP contribution in [0.3, 0.4) is 0 Å². The Bertz CT molecular complexity index is 956. The van der Waals surface area contributed by atoms with E-state index in [2.05, 4.69) is 35.6 Å². The summed E-state index contributed by atoms with van der Waals surface area (Å²) in [6.45, 7) is 6.30. The van der Waals surface area contributed by atoms with Crippen LogP contribution in [0.1, 0.15) is 36.6 Å². The molecule has 4 rings (SSSR count).